The Kier molecular flexibility index (Phi) is 4.03. The first-order valence-electron chi connectivity index (χ1n) is 6.45. The summed E-state index contributed by atoms with van der Waals surface area (Å²) in [5, 5.41) is 3.40. The second-order valence-electron chi connectivity index (χ2n) is 4.51. The van der Waals surface area contributed by atoms with Crippen LogP contribution >= 0.6 is 0 Å². The standard InChI is InChI=1S/C15H20N2O/c1-4-7-13-8-5-6-9-14(13)16-10-15-17-11(2)12(3)18-15/h5-6,8-9,16H,4,7,10H2,1-3H3. The van der Waals surface area contributed by atoms with E-state index in [-0.39, 0.29) is 0 Å². The molecule has 0 aliphatic rings. The average molecular weight is 244 g/mol. The molecule has 0 fully saturated rings. The highest BCUT2D eigenvalue weighted by atomic mass is 16.4. The van der Waals surface area contributed by atoms with Crippen LogP contribution in [0.4, 0.5) is 5.69 Å². The number of nitrogens with one attached hydrogen (secondary N) is 1. The SMILES string of the molecule is CCCc1ccccc1NCc1nc(C)c(C)o1. The summed E-state index contributed by atoms with van der Waals surface area (Å²) in [6, 6.07) is 8.40. The van der Waals surface area contributed by atoms with E-state index in [2.05, 4.69) is 35.4 Å². The Morgan fingerprint density at radius 2 is 2.00 bits per heavy atom. The van der Waals surface area contributed by atoms with Crippen molar-refractivity contribution in [3.8, 4) is 0 Å². The second-order valence-corrected chi connectivity index (χ2v) is 4.51. The molecule has 0 aliphatic heterocycles. The Labute approximate surface area is 108 Å². The normalized spacial score (nSPS) is 10.6. The van der Waals surface area contributed by atoms with Crippen LogP contribution in [0.2, 0.25) is 0 Å². The minimum atomic E-state index is 0.634. The van der Waals surface area contributed by atoms with Gasteiger partial charge >= 0.3 is 0 Å². The van der Waals surface area contributed by atoms with Crippen molar-refractivity contribution in [2.24, 2.45) is 0 Å². The molecule has 1 aromatic carbocycles. The lowest BCUT2D eigenvalue weighted by Crippen LogP contribution is -2.02. The zero-order chi connectivity index (χ0) is 13.0. The van der Waals surface area contributed by atoms with E-state index in [4.69, 9.17) is 4.42 Å². The minimum Gasteiger partial charge on any atom is -0.444 e. The predicted octanol–water partition coefficient (Wildman–Crippen LogP) is 3.86. The van der Waals surface area contributed by atoms with Crippen molar-refractivity contribution >= 4 is 5.69 Å². The summed E-state index contributed by atoms with van der Waals surface area (Å²) in [6.45, 7) is 6.73. The number of nitrogens with zero attached hydrogens (tertiary/aromatic N) is 1. The fourth-order valence-electron chi connectivity index (χ4n) is 1.97. The van der Waals surface area contributed by atoms with Gasteiger partial charge in [0, 0.05) is 5.69 Å². The van der Waals surface area contributed by atoms with Gasteiger partial charge in [0.25, 0.3) is 0 Å². The van der Waals surface area contributed by atoms with Crippen LogP contribution in [0.3, 0.4) is 0 Å². The van der Waals surface area contributed by atoms with Gasteiger partial charge in [-0.3, -0.25) is 0 Å². The number of hydrogen-bond donors (Lipinski definition) is 1. The smallest absolute Gasteiger partial charge is 0.213 e. The van der Waals surface area contributed by atoms with Crippen molar-refractivity contribution in [3.05, 3.63) is 47.2 Å². The summed E-state index contributed by atoms with van der Waals surface area (Å²) in [7, 11) is 0. The molecule has 0 radical (unpaired) electrons. The average Bonchev–Trinajstić information content (AvgIpc) is 2.68. The van der Waals surface area contributed by atoms with E-state index < -0.39 is 0 Å². The number of aromatic nitrogens is 1. The number of para-hydroxylation sites is 1. The predicted molar refractivity (Wildman–Crippen MR) is 73.7 cm³/mol. The Morgan fingerprint density at radius 3 is 2.67 bits per heavy atom. The third-order valence-electron chi connectivity index (χ3n) is 3.04. The Hall–Kier alpha value is -1.77. The molecule has 1 N–H and O–H groups in total. The number of aryl methyl sites for hydroxylation is 3. The molecule has 0 bridgehead atoms. The summed E-state index contributed by atoms with van der Waals surface area (Å²) in [6.07, 6.45) is 2.24. The van der Waals surface area contributed by atoms with Crippen molar-refractivity contribution in [1.82, 2.24) is 4.98 Å². The van der Waals surface area contributed by atoms with Gasteiger partial charge in [-0.1, -0.05) is 31.5 Å². The summed E-state index contributed by atoms with van der Waals surface area (Å²) in [4.78, 5) is 4.37. The highest BCUT2D eigenvalue weighted by Crippen LogP contribution is 2.18. The summed E-state index contributed by atoms with van der Waals surface area (Å²) >= 11 is 0. The van der Waals surface area contributed by atoms with Gasteiger partial charge in [0.05, 0.1) is 12.2 Å². The van der Waals surface area contributed by atoms with Crippen LogP contribution in [0.25, 0.3) is 0 Å². The lowest BCUT2D eigenvalue weighted by molar-refractivity contribution is 0.478. The van der Waals surface area contributed by atoms with E-state index in [1.165, 1.54) is 11.3 Å². The maximum Gasteiger partial charge on any atom is 0.213 e. The van der Waals surface area contributed by atoms with Crippen LogP contribution in [0, 0.1) is 13.8 Å². The first kappa shape index (κ1) is 12.7. The van der Waals surface area contributed by atoms with Crippen molar-refractivity contribution in [2.75, 3.05) is 5.32 Å². The van der Waals surface area contributed by atoms with Gasteiger partial charge in [0.1, 0.15) is 5.76 Å². The second kappa shape index (κ2) is 5.71. The molecular formula is C15H20N2O. The van der Waals surface area contributed by atoms with Gasteiger partial charge in [-0.2, -0.15) is 0 Å². The quantitative estimate of drug-likeness (QED) is 0.868. The van der Waals surface area contributed by atoms with Crippen LogP contribution in [-0.2, 0) is 13.0 Å². The van der Waals surface area contributed by atoms with Crippen molar-refractivity contribution in [2.45, 2.75) is 40.2 Å². The molecule has 0 saturated heterocycles. The first-order chi connectivity index (χ1) is 8.70. The summed E-state index contributed by atoms with van der Waals surface area (Å²) in [5.74, 6) is 1.64. The van der Waals surface area contributed by atoms with Crippen LogP contribution < -0.4 is 5.32 Å². The van der Waals surface area contributed by atoms with Gasteiger partial charge in [0.2, 0.25) is 5.89 Å². The van der Waals surface area contributed by atoms with E-state index in [9.17, 15) is 0 Å². The Balaban J connectivity index is 2.05. The molecule has 3 nitrogen and oxygen atoms in total. The molecule has 0 aliphatic carbocycles. The molecule has 2 aromatic rings. The molecule has 96 valence electrons. The molecule has 3 heteroatoms. The third-order valence-corrected chi connectivity index (χ3v) is 3.04. The van der Waals surface area contributed by atoms with Crippen molar-refractivity contribution < 1.29 is 4.42 Å². The summed E-state index contributed by atoms with van der Waals surface area (Å²) in [5.41, 5.74) is 3.49. The molecule has 0 atom stereocenters. The molecule has 0 spiro atoms. The van der Waals surface area contributed by atoms with Crippen LogP contribution in [0.5, 0.6) is 0 Å². The molecule has 2 rings (SSSR count). The Morgan fingerprint density at radius 1 is 1.22 bits per heavy atom. The van der Waals surface area contributed by atoms with Gasteiger partial charge in [-0.05, 0) is 31.9 Å². The number of hydrogen-bond acceptors (Lipinski definition) is 3. The van der Waals surface area contributed by atoms with Crippen LogP contribution in [0.15, 0.2) is 28.7 Å². The number of oxazole rings is 1. The maximum atomic E-state index is 5.56. The topological polar surface area (TPSA) is 38.1 Å². The molecule has 0 unspecified atom stereocenters. The fourth-order valence-corrected chi connectivity index (χ4v) is 1.97. The van der Waals surface area contributed by atoms with Crippen molar-refractivity contribution in [3.63, 3.8) is 0 Å². The zero-order valence-corrected chi connectivity index (χ0v) is 11.3. The molecular weight excluding hydrogens is 224 g/mol. The monoisotopic (exact) mass is 244 g/mol. The van der Waals surface area contributed by atoms with E-state index in [1.54, 1.807) is 0 Å². The van der Waals surface area contributed by atoms with E-state index >= 15 is 0 Å². The number of anilines is 1. The van der Waals surface area contributed by atoms with E-state index in [0.717, 1.165) is 30.2 Å². The Bertz CT molecular complexity index is 497. The lowest BCUT2D eigenvalue weighted by Gasteiger charge is -2.09. The third kappa shape index (κ3) is 2.92. The van der Waals surface area contributed by atoms with E-state index in [1.807, 2.05) is 19.9 Å². The maximum absolute atomic E-state index is 5.56. The molecule has 0 amide bonds. The first-order valence-corrected chi connectivity index (χ1v) is 6.45. The van der Waals surface area contributed by atoms with Gasteiger partial charge in [0.15, 0.2) is 0 Å². The molecule has 1 heterocycles. The fraction of sp³-hybridized carbons (Fsp3) is 0.400. The number of rotatable bonds is 5. The van der Waals surface area contributed by atoms with Crippen molar-refractivity contribution in [1.29, 1.82) is 0 Å². The largest absolute Gasteiger partial charge is 0.444 e. The van der Waals surface area contributed by atoms with Gasteiger partial charge in [-0.25, -0.2) is 4.98 Å². The van der Waals surface area contributed by atoms with Crippen LogP contribution in [-0.4, -0.2) is 4.98 Å². The highest BCUT2D eigenvalue weighted by Gasteiger charge is 2.06. The van der Waals surface area contributed by atoms with Gasteiger partial charge in [-0.15, -0.1) is 0 Å². The molecule has 0 saturated carbocycles. The van der Waals surface area contributed by atoms with E-state index in [0.29, 0.717) is 6.54 Å². The number of benzene rings is 1. The molecule has 18 heavy (non-hydrogen) atoms. The van der Waals surface area contributed by atoms with Gasteiger partial charge < -0.3 is 9.73 Å². The minimum absolute atomic E-state index is 0.634. The highest BCUT2D eigenvalue weighted by molar-refractivity contribution is 5.51. The molecule has 1 aromatic heterocycles. The summed E-state index contributed by atoms with van der Waals surface area (Å²) < 4.78 is 5.56. The zero-order valence-electron chi connectivity index (χ0n) is 11.3. The lowest BCUT2D eigenvalue weighted by atomic mass is 10.1. The van der Waals surface area contributed by atoms with Crippen LogP contribution in [0.1, 0.15) is 36.3 Å².